The van der Waals surface area contributed by atoms with Crippen LogP contribution in [0.2, 0.25) is 0 Å². The van der Waals surface area contributed by atoms with E-state index in [2.05, 4.69) is 0 Å². The van der Waals surface area contributed by atoms with Crippen molar-refractivity contribution in [2.75, 3.05) is 26.2 Å². The monoisotopic (exact) mass is 424 g/mol. The first kappa shape index (κ1) is 19.9. The molecule has 0 unspecified atom stereocenters. The maximum Gasteiger partial charge on any atom is 0.253 e. The molecule has 1 fully saturated rings. The van der Waals surface area contributed by atoms with E-state index < -0.39 is 0 Å². The number of carbonyl (C=O) groups is 2. The topological polar surface area (TPSA) is 50.5 Å². The molecule has 2 amide bonds. The summed E-state index contributed by atoms with van der Waals surface area (Å²) < 4.78 is 4.01. The van der Waals surface area contributed by atoms with Gasteiger partial charge >= 0.3 is 0 Å². The molecule has 1 aliphatic rings. The van der Waals surface area contributed by atoms with Crippen LogP contribution in [-0.2, 0) is 0 Å². The van der Waals surface area contributed by atoms with Crippen molar-refractivity contribution in [1.29, 1.82) is 0 Å². The van der Waals surface area contributed by atoms with Crippen LogP contribution in [0.1, 0.15) is 20.7 Å². The molecule has 0 bridgehead atoms. The number of hydrogen-bond donors (Lipinski definition) is 0. The van der Waals surface area contributed by atoms with E-state index in [0.717, 1.165) is 11.4 Å². The average Bonchev–Trinajstić information content (AvgIpc) is 3.58. The van der Waals surface area contributed by atoms with E-state index in [1.807, 2.05) is 117 Å². The summed E-state index contributed by atoms with van der Waals surface area (Å²) in [5.74, 6) is 0.0134. The van der Waals surface area contributed by atoms with Crippen LogP contribution in [0.5, 0.6) is 0 Å². The number of benzene rings is 2. The molecule has 1 saturated heterocycles. The van der Waals surface area contributed by atoms with Crippen molar-refractivity contribution in [3.63, 3.8) is 0 Å². The Balaban J connectivity index is 1.19. The zero-order chi connectivity index (χ0) is 21.9. The first-order chi connectivity index (χ1) is 15.7. The van der Waals surface area contributed by atoms with Gasteiger partial charge in [-0.2, -0.15) is 0 Å². The minimum atomic E-state index is 0.00670. The first-order valence-corrected chi connectivity index (χ1v) is 10.7. The molecule has 0 spiro atoms. The molecule has 1 aliphatic heterocycles. The van der Waals surface area contributed by atoms with E-state index >= 15 is 0 Å². The van der Waals surface area contributed by atoms with Gasteiger partial charge in [-0.15, -0.1) is 0 Å². The third kappa shape index (κ3) is 3.95. The number of hydrogen-bond acceptors (Lipinski definition) is 2. The van der Waals surface area contributed by atoms with E-state index in [4.69, 9.17) is 0 Å². The van der Waals surface area contributed by atoms with Gasteiger partial charge in [-0.25, -0.2) is 0 Å². The lowest BCUT2D eigenvalue weighted by atomic mass is 10.1. The lowest BCUT2D eigenvalue weighted by Gasteiger charge is -2.35. The highest BCUT2D eigenvalue weighted by atomic mass is 16.2. The summed E-state index contributed by atoms with van der Waals surface area (Å²) in [7, 11) is 0. The number of amides is 2. The fourth-order valence-corrected chi connectivity index (χ4v) is 4.04. The number of carbonyl (C=O) groups excluding carboxylic acids is 2. The molecule has 160 valence electrons. The normalized spacial score (nSPS) is 13.9. The minimum absolute atomic E-state index is 0.00670. The molecule has 2 aromatic heterocycles. The van der Waals surface area contributed by atoms with Crippen LogP contribution in [0.3, 0.4) is 0 Å². The smallest absolute Gasteiger partial charge is 0.253 e. The molecule has 0 saturated carbocycles. The lowest BCUT2D eigenvalue weighted by Crippen LogP contribution is -2.50. The second-order valence-electron chi connectivity index (χ2n) is 7.86. The Labute approximate surface area is 186 Å². The zero-order valence-corrected chi connectivity index (χ0v) is 17.7. The van der Waals surface area contributed by atoms with Crippen molar-refractivity contribution in [2.24, 2.45) is 0 Å². The Bertz CT molecular complexity index is 1090. The summed E-state index contributed by atoms with van der Waals surface area (Å²) in [6, 6.07) is 23.1. The Morgan fingerprint density at radius 3 is 1.12 bits per heavy atom. The largest absolute Gasteiger partial charge is 0.335 e. The van der Waals surface area contributed by atoms with Gasteiger partial charge in [0, 0.05) is 73.5 Å². The molecular formula is C26H24N4O2. The highest BCUT2D eigenvalue weighted by Crippen LogP contribution is 2.16. The molecule has 6 heteroatoms. The minimum Gasteiger partial charge on any atom is -0.335 e. The maximum atomic E-state index is 12.9. The third-order valence-electron chi connectivity index (χ3n) is 5.89. The SMILES string of the molecule is O=C(c1ccc(-n2cccc2)cc1)N1CCN(C(=O)c2ccc(-n3cccc3)cc2)CC1. The van der Waals surface area contributed by atoms with Crippen molar-refractivity contribution in [3.05, 3.63) is 109 Å². The zero-order valence-electron chi connectivity index (χ0n) is 17.7. The third-order valence-corrected chi connectivity index (χ3v) is 5.89. The van der Waals surface area contributed by atoms with Gasteiger partial charge in [-0.1, -0.05) is 0 Å². The van der Waals surface area contributed by atoms with Crippen molar-refractivity contribution in [3.8, 4) is 11.4 Å². The molecule has 0 aliphatic carbocycles. The van der Waals surface area contributed by atoms with E-state index in [-0.39, 0.29) is 11.8 Å². The molecule has 0 N–H and O–H groups in total. The predicted molar refractivity (Wildman–Crippen MR) is 123 cm³/mol. The van der Waals surface area contributed by atoms with E-state index in [0.29, 0.717) is 37.3 Å². The van der Waals surface area contributed by atoms with Gasteiger partial charge in [0.15, 0.2) is 0 Å². The standard InChI is InChI=1S/C26H24N4O2/c31-25(21-5-9-23(10-6-21)27-13-1-2-14-27)29-17-19-30(20-18-29)26(32)22-7-11-24(12-8-22)28-15-3-4-16-28/h1-16H,17-20H2. The number of rotatable bonds is 4. The van der Waals surface area contributed by atoms with E-state index in [1.165, 1.54) is 0 Å². The Hall–Kier alpha value is -4.06. The summed E-state index contributed by atoms with van der Waals surface area (Å²) in [4.78, 5) is 29.5. The van der Waals surface area contributed by atoms with Crippen LogP contribution in [0, 0.1) is 0 Å². The Morgan fingerprint density at radius 1 is 0.500 bits per heavy atom. The van der Waals surface area contributed by atoms with Gasteiger partial charge in [0.25, 0.3) is 11.8 Å². The summed E-state index contributed by atoms with van der Waals surface area (Å²) in [6.07, 6.45) is 7.89. The van der Waals surface area contributed by atoms with Crippen molar-refractivity contribution in [2.45, 2.75) is 0 Å². The molecular weight excluding hydrogens is 400 g/mol. The van der Waals surface area contributed by atoms with Crippen LogP contribution in [0.15, 0.2) is 97.6 Å². The summed E-state index contributed by atoms with van der Waals surface area (Å²) in [5, 5.41) is 0. The van der Waals surface area contributed by atoms with Gasteiger partial charge in [0.05, 0.1) is 0 Å². The van der Waals surface area contributed by atoms with Crippen molar-refractivity contribution in [1.82, 2.24) is 18.9 Å². The van der Waals surface area contributed by atoms with Gasteiger partial charge in [-0.3, -0.25) is 9.59 Å². The summed E-state index contributed by atoms with van der Waals surface area (Å²) in [5.41, 5.74) is 3.37. The lowest BCUT2D eigenvalue weighted by molar-refractivity contribution is 0.0535. The quantitative estimate of drug-likeness (QED) is 0.499. The van der Waals surface area contributed by atoms with Gasteiger partial charge in [0.1, 0.15) is 0 Å². The molecule has 0 atom stereocenters. The van der Waals surface area contributed by atoms with E-state index in [1.54, 1.807) is 0 Å². The highest BCUT2D eigenvalue weighted by molar-refractivity contribution is 5.96. The fourth-order valence-electron chi connectivity index (χ4n) is 4.04. The summed E-state index contributed by atoms with van der Waals surface area (Å²) >= 11 is 0. The molecule has 0 radical (unpaired) electrons. The summed E-state index contributed by atoms with van der Waals surface area (Å²) in [6.45, 7) is 2.13. The van der Waals surface area contributed by atoms with Crippen LogP contribution in [-0.4, -0.2) is 56.9 Å². The van der Waals surface area contributed by atoms with Gasteiger partial charge < -0.3 is 18.9 Å². The van der Waals surface area contributed by atoms with Crippen LogP contribution >= 0.6 is 0 Å². The molecule has 4 aromatic rings. The van der Waals surface area contributed by atoms with Crippen LogP contribution in [0.25, 0.3) is 11.4 Å². The predicted octanol–water partition coefficient (Wildman–Crippen LogP) is 3.87. The van der Waals surface area contributed by atoms with Crippen molar-refractivity contribution >= 4 is 11.8 Å². The van der Waals surface area contributed by atoms with E-state index in [9.17, 15) is 9.59 Å². The van der Waals surface area contributed by atoms with Crippen molar-refractivity contribution < 1.29 is 9.59 Å². The molecule has 32 heavy (non-hydrogen) atoms. The maximum absolute atomic E-state index is 12.9. The number of nitrogens with zero attached hydrogens (tertiary/aromatic N) is 4. The number of piperazine rings is 1. The molecule has 2 aromatic carbocycles. The fraction of sp³-hybridized carbons (Fsp3) is 0.154. The second-order valence-corrected chi connectivity index (χ2v) is 7.86. The highest BCUT2D eigenvalue weighted by Gasteiger charge is 2.25. The molecule has 6 nitrogen and oxygen atoms in total. The Kier molecular flexibility index (Phi) is 5.34. The van der Waals surface area contributed by atoms with Crippen LogP contribution < -0.4 is 0 Å². The van der Waals surface area contributed by atoms with Gasteiger partial charge in [0.2, 0.25) is 0 Å². The second kappa shape index (κ2) is 8.59. The van der Waals surface area contributed by atoms with Crippen LogP contribution in [0.4, 0.5) is 0 Å². The number of aromatic nitrogens is 2. The molecule has 3 heterocycles. The first-order valence-electron chi connectivity index (χ1n) is 10.7. The van der Waals surface area contributed by atoms with Gasteiger partial charge in [-0.05, 0) is 72.8 Å². The molecule has 5 rings (SSSR count). The Morgan fingerprint density at radius 2 is 0.812 bits per heavy atom. The average molecular weight is 425 g/mol.